The predicted octanol–water partition coefficient (Wildman–Crippen LogP) is 4.66. The Morgan fingerprint density at radius 1 is 1.04 bits per heavy atom. The van der Waals surface area contributed by atoms with Crippen LogP contribution in [0.2, 0.25) is 5.02 Å². The number of nitrogens with one attached hydrogen (secondary N) is 1. The minimum absolute atomic E-state index is 0.00349. The molecule has 0 bridgehead atoms. The second-order valence-electron chi connectivity index (χ2n) is 5.91. The van der Waals surface area contributed by atoms with Crippen molar-refractivity contribution in [3.05, 3.63) is 69.0 Å². The Bertz CT molecular complexity index is 1270. The van der Waals surface area contributed by atoms with E-state index in [1.807, 2.05) is 12.1 Å². The zero-order valence-electron chi connectivity index (χ0n) is 14.1. The maximum atomic E-state index is 12.5. The van der Waals surface area contributed by atoms with Crippen molar-refractivity contribution in [3.63, 3.8) is 0 Å². The Kier molecular flexibility index (Phi) is 3.81. The fourth-order valence-electron chi connectivity index (χ4n) is 3.05. The average molecular weight is 368 g/mol. The van der Waals surface area contributed by atoms with E-state index in [2.05, 4.69) is 0 Å². The number of benzene rings is 2. The minimum Gasteiger partial charge on any atom is -0.495 e. The van der Waals surface area contributed by atoms with Crippen LogP contribution in [-0.2, 0) is 0 Å². The maximum absolute atomic E-state index is 12.5. The number of fused-ring (bicyclic) bond motifs is 2. The van der Waals surface area contributed by atoms with Crippen molar-refractivity contribution in [1.29, 1.82) is 5.41 Å². The third kappa shape index (κ3) is 2.57. The smallest absolute Gasteiger partial charge is 0.219 e. The van der Waals surface area contributed by atoms with Gasteiger partial charge < -0.3 is 13.6 Å². The fraction of sp³-hybridized carbons (Fsp3) is 0.100. The number of aryl methyl sites for hydroxylation is 1. The number of hydrogen-bond acceptors (Lipinski definition) is 5. The van der Waals surface area contributed by atoms with Gasteiger partial charge in [0.15, 0.2) is 5.43 Å². The van der Waals surface area contributed by atoms with Gasteiger partial charge in [0.05, 0.1) is 12.5 Å². The summed E-state index contributed by atoms with van der Waals surface area (Å²) in [5, 5.41) is 9.78. The number of rotatable bonds is 2. The second-order valence-corrected chi connectivity index (χ2v) is 6.35. The van der Waals surface area contributed by atoms with E-state index in [0.29, 0.717) is 44.0 Å². The molecule has 2 aromatic carbocycles. The average Bonchev–Trinajstić information content (AvgIpc) is 2.60. The molecule has 5 nitrogen and oxygen atoms in total. The van der Waals surface area contributed by atoms with E-state index in [1.54, 1.807) is 31.2 Å². The van der Waals surface area contributed by atoms with Gasteiger partial charge in [-0.25, -0.2) is 0 Å². The summed E-state index contributed by atoms with van der Waals surface area (Å²) in [6.07, 6.45) is 0. The largest absolute Gasteiger partial charge is 0.495 e. The lowest BCUT2D eigenvalue weighted by molar-refractivity contribution is 0.422. The van der Waals surface area contributed by atoms with Gasteiger partial charge in [-0.3, -0.25) is 10.2 Å². The van der Waals surface area contributed by atoms with Crippen molar-refractivity contribution < 1.29 is 13.6 Å². The van der Waals surface area contributed by atoms with Crippen LogP contribution in [0.4, 0.5) is 0 Å². The molecule has 2 aromatic heterocycles. The standard InChI is InChI=1S/C20H14ClNO4/c1-10-7-15(23)18-17(25-10)9-16-14(19(18)24-2)8-13(20(22)26-16)11-3-5-12(21)6-4-11/h3-9,22H,1-2H3. The summed E-state index contributed by atoms with van der Waals surface area (Å²) < 4.78 is 16.9. The molecule has 26 heavy (non-hydrogen) atoms. The molecule has 0 atom stereocenters. The van der Waals surface area contributed by atoms with E-state index in [9.17, 15) is 4.79 Å². The molecule has 0 aliphatic heterocycles. The van der Waals surface area contributed by atoms with E-state index in [0.717, 1.165) is 5.56 Å². The highest BCUT2D eigenvalue weighted by molar-refractivity contribution is 6.30. The third-order valence-corrected chi connectivity index (χ3v) is 4.45. The van der Waals surface area contributed by atoms with Crippen LogP contribution in [0.25, 0.3) is 33.1 Å². The van der Waals surface area contributed by atoms with Crippen molar-refractivity contribution in [2.75, 3.05) is 7.11 Å². The number of methoxy groups -OCH3 is 1. The summed E-state index contributed by atoms with van der Waals surface area (Å²) in [4.78, 5) is 12.5. The first-order valence-electron chi connectivity index (χ1n) is 7.88. The maximum Gasteiger partial charge on any atom is 0.219 e. The van der Waals surface area contributed by atoms with E-state index >= 15 is 0 Å². The summed E-state index contributed by atoms with van der Waals surface area (Å²) in [6, 6.07) is 11.9. The Morgan fingerprint density at radius 3 is 2.46 bits per heavy atom. The van der Waals surface area contributed by atoms with Crippen LogP contribution in [0.15, 0.2) is 56.1 Å². The Balaban J connectivity index is 2.12. The van der Waals surface area contributed by atoms with Gasteiger partial charge in [-0.15, -0.1) is 0 Å². The molecule has 0 radical (unpaired) electrons. The summed E-state index contributed by atoms with van der Waals surface area (Å²) in [5.41, 5.74) is 1.93. The van der Waals surface area contributed by atoms with E-state index in [1.165, 1.54) is 13.2 Å². The van der Waals surface area contributed by atoms with Crippen molar-refractivity contribution >= 4 is 33.5 Å². The van der Waals surface area contributed by atoms with Gasteiger partial charge >= 0.3 is 0 Å². The van der Waals surface area contributed by atoms with Crippen LogP contribution in [0.5, 0.6) is 5.75 Å². The highest BCUT2D eigenvalue weighted by Crippen LogP contribution is 2.34. The van der Waals surface area contributed by atoms with Crippen LogP contribution in [-0.4, -0.2) is 7.11 Å². The van der Waals surface area contributed by atoms with Crippen molar-refractivity contribution in [3.8, 4) is 16.9 Å². The summed E-state index contributed by atoms with van der Waals surface area (Å²) in [7, 11) is 1.49. The molecule has 130 valence electrons. The Hall–Kier alpha value is -3.05. The minimum atomic E-state index is -0.189. The fourth-order valence-corrected chi connectivity index (χ4v) is 3.18. The molecule has 0 amide bonds. The van der Waals surface area contributed by atoms with Crippen LogP contribution in [0.3, 0.4) is 0 Å². The summed E-state index contributed by atoms with van der Waals surface area (Å²) >= 11 is 5.94. The molecule has 0 unspecified atom stereocenters. The molecule has 6 heteroatoms. The number of ether oxygens (including phenoxy) is 1. The van der Waals surface area contributed by atoms with Crippen molar-refractivity contribution in [2.45, 2.75) is 6.92 Å². The van der Waals surface area contributed by atoms with Gasteiger partial charge in [0.25, 0.3) is 0 Å². The molecule has 4 rings (SSSR count). The zero-order chi connectivity index (χ0) is 18.4. The van der Waals surface area contributed by atoms with Crippen molar-refractivity contribution in [2.24, 2.45) is 0 Å². The van der Waals surface area contributed by atoms with Crippen LogP contribution < -0.4 is 15.7 Å². The van der Waals surface area contributed by atoms with E-state index < -0.39 is 0 Å². The lowest BCUT2D eigenvalue weighted by Gasteiger charge is -2.10. The molecule has 0 saturated carbocycles. The molecule has 0 fully saturated rings. The lowest BCUT2D eigenvalue weighted by atomic mass is 10.0. The van der Waals surface area contributed by atoms with Gasteiger partial charge in [-0.2, -0.15) is 0 Å². The number of hydrogen-bond donors (Lipinski definition) is 1. The first-order valence-corrected chi connectivity index (χ1v) is 8.25. The highest BCUT2D eigenvalue weighted by atomic mass is 35.5. The third-order valence-electron chi connectivity index (χ3n) is 4.20. The normalized spacial score (nSPS) is 11.2. The molecular formula is C20H14ClNO4. The zero-order valence-corrected chi connectivity index (χ0v) is 14.8. The van der Waals surface area contributed by atoms with Gasteiger partial charge in [-0.1, -0.05) is 23.7 Å². The first-order chi connectivity index (χ1) is 12.5. The lowest BCUT2D eigenvalue weighted by Crippen LogP contribution is -2.06. The Morgan fingerprint density at radius 2 is 1.77 bits per heavy atom. The first kappa shape index (κ1) is 16.4. The molecule has 0 saturated heterocycles. The molecule has 0 aliphatic carbocycles. The molecule has 0 aliphatic rings. The van der Waals surface area contributed by atoms with Gasteiger partial charge in [-0.05, 0) is 30.7 Å². The van der Waals surface area contributed by atoms with Crippen LogP contribution in [0, 0.1) is 12.3 Å². The van der Waals surface area contributed by atoms with Crippen LogP contribution >= 0.6 is 11.6 Å². The van der Waals surface area contributed by atoms with Crippen LogP contribution in [0.1, 0.15) is 5.76 Å². The predicted molar refractivity (Wildman–Crippen MR) is 99.8 cm³/mol. The van der Waals surface area contributed by atoms with E-state index in [4.69, 9.17) is 30.6 Å². The summed E-state index contributed by atoms with van der Waals surface area (Å²) in [5.74, 6) is 0.859. The van der Waals surface area contributed by atoms with Crippen molar-refractivity contribution in [1.82, 2.24) is 0 Å². The highest BCUT2D eigenvalue weighted by Gasteiger charge is 2.17. The Labute approximate surface area is 152 Å². The summed E-state index contributed by atoms with van der Waals surface area (Å²) in [6.45, 7) is 1.70. The van der Waals surface area contributed by atoms with E-state index in [-0.39, 0.29) is 11.0 Å². The number of halogens is 1. The van der Waals surface area contributed by atoms with Gasteiger partial charge in [0.1, 0.15) is 28.1 Å². The SMILES string of the molecule is COc1c2cc(-c3ccc(Cl)cc3)c(=N)oc2cc2oc(C)cc(=O)c12. The molecule has 0 spiro atoms. The quantitative estimate of drug-likeness (QED) is 0.523. The monoisotopic (exact) mass is 367 g/mol. The molecule has 2 heterocycles. The topological polar surface area (TPSA) is 76.4 Å². The molecule has 1 N–H and O–H groups in total. The molecular weight excluding hydrogens is 354 g/mol. The molecule has 4 aromatic rings. The van der Waals surface area contributed by atoms with Gasteiger partial charge in [0, 0.05) is 22.7 Å². The van der Waals surface area contributed by atoms with Gasteiger partial charge in [0.2, 0.25) is 5.55 Å². The second kappa shape index (κ2) is 6.04.